The maximum atomic E-state index is 12.9. The van der Waals surface area contributed by atoms with E-state index in [2.05, 4.69) is 0 Å². The molecule has 0 spiro atoms. The minimum Gasteiger partial charge on any atom is -0.372 e. The van der Waals surface area contributed by atoms with Crippen LogP contribution < -0.4 is 0 Å². The van der Waals surface area contributed by atoms with Crippen LogP contribution in [0.1, 0.15) is 24.2 Å². The van der Waals surface area contributed by atoms with Crippen molar-refractivity contribution in [2.75, 3.05) is 13.1 Å². The maximum Gasteiger partial charge on any atom is 0.255 e. The van der Waals surface area contributed by atoms with Gasteiger partial charge in [0.1, 0.15) is 5.82 Å². The zero-order chi connectivity index (χ0) is 13.3. The topological polar surface area (TPSA) is 29.5 Å². The average molecular weight is 272 g/mol. The van der Waals surface area contributed by atoms with Gasteiger partial charge in [0.2, 0.25) is 0 Å². The van der Waals surface area contributed by atoms with Gasteiger partial charge in [0, 0.05) is 13.1 Å². The van der Waals surface area contributed by atoms with Crippen LogP contribution in [0, 0.1) is 5.82 Å². The molecule has 1 amide bonds. The van der Waals surface area contributed by atoms with Gasteiger partial charge in [-0.15, -0.1) is 0 Å². The molecule has 1 saturated heterocycles. The lowest BCUT2D eigenvalue weighted by molar-refractivity contribution is -0.0586. The third-order valence-electron chi connectivity index (χ3n) is 2.87. The summed E-state index contributed by atoms with van der Waals surface area (Å²) in [6.07, 6.45) is -0.00570. The Labute approximate surface area is 110 Å². The van der Waals surface area contributed by atoms with Gasteiger partial charge in [0.25, 0.3) is 5.91 Å². The monoisotopic (exact) mass is 271 g/mol. The first-order chi connectivity index (χ1) is 8.47. The summed E-state index contributed by atoms with van der Waals surface area (Å²) in [6.45, 7) is 4.89. The van der Waals surface area contributed by atoms with Crippen molar-refractivity contribution in [2.45, 2.75) is 26.1 Å². The van der Waals surface area contributed by atoms with Gasteiger partial charge < -0.3 is 9.64 Å². The fourth-order valence-electron chi connectivity index (χ4n) is 2.18. The van der Waals surface area contributed by atoms with Crippen molar-refractivity contribution in [3.05, 3.63) is 34.6 Å². The van der Waals surface area contributed by atoms with Gasteiger partial charge in [-0.25, -0.2) is 4.39 Å². The number of benzene rings is 1. The van der Waals surface area contributed by atoms with E-state index >= 15 is 0 Å². The third-order valence-corrected chi connectivity index (χ3v) is 3.18. The fraction of sp³-hybridized carbons (Fsp3) is 0.462. The SMILES string of the molecule is CC1CN(C(=O)c2ccc(F)cc2Cl)CC(C)O1. The van der Waals surface area contributed by atoms with Crippen molar-refractivity contribution in [1.82, 2.24) is 4.90 Å². The first kappa shape index (κ1) is 13.3. The molecule has 0 aliphatic carbocycles. The molecule has 1 fully saturated rings. The fourth-order valence-corrected chi connectivity index (χ4v) is 2.43. The third kappa shape index (κ3) is 2.82. The van der Waals surface area contributed by atoms with Crippen molar-refractivity contribution in [1.29, 1.82) is 0 Å². The van der Waals surface area contributed by atoms with E-state index in [0.29, 0.717) is 18.7 Å². The number of ether oxygens (including phenoxy) is 1. The molecular weight excluding hydrogens is 257 g/mol. The maximum absolute atomic E-state index is 12.9. The quantitative estimate of drug-likeness (QED) is 0.786. The van der Waals surface area contributed by atoms with Crippen molar-refractivity contribution < 1.29 is 13.9 Å². The lowest BCUT2D eigenvalue weighted by Crippen LogP contribution is -2.48. The van der Waals surface area contributed by atoms with Gasteiger partial charge >= 0.3 is 0 Å². The summed E-state index contributed by atoms with van der Waals surface area (Å²) < 4.78 is 18.5. The molecule has 1 aromatic rings. The molecule has 0 radical (unpaired) electrons. The Morgan fingerprint density at radius 2 is 2.00 bits per heavy atom. The minimum absolute atomic E-state index is 0.00285. The molecule has 0 aromatic heterocycles. The number of halogens is 2. The second-order valence-corrected chi connectivity index (χ2v) is 5.00. The molecule has 18 heavy (non-hydrogen) atoms. The molecule has 5 heteroatoms. The molecule has 0 N–H and O–H groups in total. The van der Waals surface area contributed by atoms with Crippen LogP contribution in [0.4, 0.5) is 4.39 Å². The molecule has 1 aliphatic rings. The van der Waals surface area contributed by atoms with E-state index in [1.165, 1.54) is 12.1 Å². The van der Waals surface area contributed by atoms with E-state index in [1.807, 2.05) is 13.8 Å². The van der Waals surface area contributed by atoms with E-state index in [-0.39, 0.29) is 23.1 Å². The summed E-state index contributed by atoms with van der Waals surface area (Å²) in [7, 11) is 0. The second kappa shape index (κ2) is 5.24. The lowest BCUT2D eigenvalue weighted by Gasteiger charge is -2.35. The minimum atomic E-state index is -0.444. The number of nitrogens with zero attached hydrogens (tertiary/aromatic N) is 1. The van der Waals surface area contributed by atoms with Crippen LogP contribution in [0.3, 0.4) is 0 Å². The summed E-state index contributed by atoms with van der Waals surface area (Å²) >= 11 is 5.90. The van der Waals surface area contributed by atoms with E-state index < -0.39 is 5.82 Å². The highest BCUT2D eigenvalue weighted by Crippen LogP contribution is 2.21. The lowest BCUT2D eigenvalue weighted by atomic mass is 10.1. The molecule has 2 rings (SSSR count). The van der Waals surface area contributed by atoms with Gasteiger partial charge in [0.15, 0.2) is 0 Å². The zero-order valence-electron chi connectivity index (χ0n) is 10.3. The van der Waals surface area contributed by atoms with Crippen LogP contribution in [-0.2, 0) is 4.74 Å². The highest BCUT2D eigenvalue weighted by Gasteiger charge is 2.27. The summed E-state index contributed by atoms with van der Waals surface area (Å²) in [5, 5.41) is 0.145. The summed E-state index contributed by atoms with van der Waals surface area (Å²) in [4.78, 5) is 14.0. The number of morpholine rings is 1. The van der Waals surface area contributed by atoms with Gasteiger partial charge in [-0.3, -0.25) is 4.79 Å². The molecule has 1 heterocycles. The van der Waals surface area contributed by atoms with Crippen molar-refractivity contribution in [3.8, 4) is 0 Å². The predicted molar refractivity (Wildman–Crippen MR) is 67.3 cm³/mol. The smallest absolute Gasteiger partial charge is 0.255 e. The summed E-state index contributed by atoms with van der Waals surface area (Å²) in [5.41, 5.74) is 0.333. The number of hydrogen-bond acceptors (Lipinski definition) is 2. The standard InChI is InChI=1S/C13H15ClFNO2/c1-8-6-16(7-9(2)18-8)13(17)11-4-3-10(15)5-12(11)14/h3-5,8-9H,6-7H2,1-2H3. The normalized spacial score (nSPS) is 24.1. The highest BCUT2D eigenvalue weighted by atomic mass is 35.5. The Morgan fingerprint density at radius 3 is 2.56 bits per heavy atom. The van der Waals surface area contributed by atoms with E-state index in [9.17, 15) is 9.18 Å². The van der Waals surface area contributed by atoms with Gasteiger partial charge in [-0.05, 0) is 32.0 Å². The van der Waals surface area contributed by atoms with Crippen LogP contribution in [-0.4, -0.2) is 36.1 Å². The van der Waals surface area contributed by atoms with Crippen LogP contribution in [0.25, 0.3) is 0 Å². The Bertz CT molecular complexity index is 456. The van der Waals surface area contributed by atoms with Crippen molar-refractivity contribution >= 4 is 17.5 Å². The summed E-state index contributed by atoms with van der Waals surface area (Å²) in [5.74, 6) is -0.623. The number of carbonyl (C=O) groups is 1. The Balaban J connectivity index is 2.20. The number of carbonyl (C=O) groups excluding carboxylic acids is 1. The Morgan fingerprint density at radius 1 is 1.39 bits per heavy atom. The molecule has 0 saturated carbocycles. The molecule has 98 valence electrons. The van der Waals surface area contributed by atoms with E-state index in [1.54, 1.807) is 4.90 Å². The Kier molecular flexibility index (Phi) is 3.88. The van der Waals surface area contributed by atoms with Gasteiger partial charge in [-0.2, -0.15) is 0 Å². The molecule has 0 bridgehead atoms. The van der Waals surface area contributed by atoms with Crippen LogP contribution in [0.5, 0.6) is 0 Å². The molecule has 1 aromatic carbocycles. The Hall–Kier alpha value is -1.13. The van der Waals surface area contributed by atoms with Gasteiger partial charge in [0.05, 0.1) is 22.8 Å². The largest absolute Gasteiger partial charge is 0.372 e. The first-order valence-corrected chi connectivity index (χ1v) is 6.25. The zero-order valence-corrected chi connectivity index (χ0v) is 11.1. The number of hydrogen-bond donors (Lipinski definition) is 0. The molecule has 1 aliphatic heterocycles. The number of amides is 1. The molecule has 3 nitrogen and oxygen atoms in total. The van der Waals surface area contributed by atoms with E-state index in [0.717, 1.165) is 6.07 Å². The van der Waals surface area contributed by atoms with Crippen LogP contribution >= 0.6 is 11.6 Å². The number of rotatable bonds is 1. The van der Waals surface area contributed by atoms with E-state index in [4.69, 9.17) is 16.3 Å². The highest BCUT2D eigenvalue weighted by molar-refractivity contribution is 6.33. The molecule has 2 unspecified atom stereocenters. The average Bonchev–Trinajstić information content (AvgIpc) is 2.26. The van der Waals surface area contributed by atoms with Gasteiger partial charge in [-0.1, -0.05) is 11.6 Å². The second-order valence-electron chi connectivity index (χ2n) is 4.59. The first-order valence-electron chi connectivity index (χ1n) is 5.87. The van der Waals surface area contributed by atoms with Crippen LogP contribution in [0.2, 0.25) is 5.02 Å². The molecule has 2 atom stereocenters. The molecular formula is C13H15ClFNO2. The van der Waals surface area contributed by atoms with Crippen LogP contribution in [0.15, 0.2) is 18.2 Å². The van der Waals surface area contributed by atoms with Crippen molar-refractivity contribution in [3.63, 3.8) is 0 Å². The summed E-state index contributed by atoms with van der Waals surface area (Å²) in [6, 6.07) is 3.82. The predicted octanol–water partition coefficient (Wildman–Crippen LogP) is 2.73. The van der Waals surface area contributed by atoms with Crippen molar-refractivity contribution in [2.24, 2.45) is 0 Å².